The zero-order chi connectivity index (χ0) is 85.7. The topological polar surface area (TPSA) is 131 Å². The summed E-state index contributed by atoms with van der Waals surface area (Å²) in [6.07, 6.45) is 0. The fraction of sp³-hybridized carbons (Fsp3) is 0. The molecule has 0 unspecified atom stereocenters. The molecule has 9 heterocycles. The Labute approximate surface area is 752 Å². The Bertz CT molecular complexity index is 8650. The number of thiophene rings is 2. The molecule has 14 heteroatoms. The lowest BCUT2D eigenvalue weighted by Gasteiger charge is -2.11. The highest BCUT2D eigenvalue weighted by Gasteiger charge is 2.24. The average Bonchev–Trinajstić information content (AvgIpc) is 1.57. The molecule has 0 N–H and O–H groups in total. The van der Waals surface area contributed by atoms with E-state index < -0.39 is 0 Å². The number of hydrogen-bond donors (Lipinski definition) is 0. The van der Waals surface area contributed by atoms with Gasteiger partial charge in [0.2, 0.25) is 0 Å². The van der Waals surface area contributed by atoms with E-state index in [1.165, 1.54) is 89.3 Å². The lowest BCUT2D eigenvalue weighted by molar-refractivity contribution is 0.669. The first kappa shape index (κ1) is 75.5. The fourth-order valence-electron chi connectivity index (χ4n) is 18.7. The van der Waals surface area contributed by atoms with E-state index in [9.17, 15) is 0 Å². The van der Waals surface area contributed by atoms with Crippen molar-refractivity contribution in [3.05, 3.63) is 431 Å². The molecule has 9 aromatic heterocycles. The monoisotopic (exact) mass is 1700 g/mol. The van der Waals surface area contributed by atoms with Crippen molar-refractivity contribution in [3.8, 4) is 108 Å². The molecule has 0 radical (unpaired) electrons. The molecule has 18 aromatic carbocycles. The van der Waals surface area contributed by atoms with E-state index in [1.54, 1.807) is 0 Å². The molecular formula is C116H71N11OS2. The third-order valence-electron chi connectivity index (χ3n) is 24.7. The molecule has 130 heavy (non-hydrogen) atoms. The maximum Gasteiger partial charge on any atom is 0.164 e. The third-order valence-corrected chi connectivity index (χ3v) is 27.0. The van der Waals surface area contributed by atoms with E-state index in [0.717, 1.165) is 122 Å². The zero-order valence-corrected chi connectivity index (χ0v) is 71.3. The van der Waals surface area contributed by atoms with Gasteiger partial charge in [0.1, 0.15) is 11.2 Å². The molecule has 0 bridgehead atoms. The first-order valence-electron chi connectivity index (χ1n) is 43.3. The van der Waals surface area contributed by atoms with Gasteiger partial charge < -0.3 is 18.1 Å². The smallest absolute Gasteiger partial charge is 0.164 e. The first-order valence-corrected chi connectivity index (χ1v) is 45.0. The van der Waals surface area contributed by atoms with Gasteiger partial charge in [0.15, 0.2) is 40.8 Å². The van der Waals surface area contributed by atoms with E-state index >= 15 is 0 Å². The molecule has 0 fully saturated rings. The van der Waals surface area contributed by atoms with Crippen LogP contribution in [-0.4, -0.2) is 53.6 Å². The van der Waals surface area contributed by atoms with Crippen LogP contribution in [0.4, 0.5) is 0 Å². The highest BCUT2D eigenvalue weighted by atomic mass is 32.1. The molecule has 0 aliphatic rings. The maximum atomic E-state index is 6.26. The van der Waals surface area contributed by atoms with Gasteiger partial charge in [-0.05, 0) is 115 Å². The molecule has 0 atom stereocenters. The van der Waals surface area contributed by atoms with Crippen LogP contribution in [0, 0.1) is 0 Å². The summed E-state index contributed by atoms with van der Waals surface area (Å²) in [5, 5.41) is 15.8. The van der Waals surface area contributed by atoms with E-state index in [1.807, 2.05) is 174 Å². The average molecular weight is 1700 g/mol. The third kappa shape index (κ3) is 13.2. The van der Waals surface area contributed by atoms with Gasteiger partial charge in [-0.25, -0.2) is 39.9 Å². The van der Waals surface area contributed by atoms with Crippen LogP contribution in [0.15, 0.2) is 435 Å². The maximum absolute atomic E-state index is 6.26. The molecule has 27 aromatic rings. The van der Waals surface area contributed by atoms with E-state index in [0.29, 0.717) is 34.9 Å². The van der Waals surface area contributed by atoms with E-state index in [2.05, 4.69) is 293 Å². The Morgan fingerprint density at radius 1 is 0.185 bits per heavy atom. The summed E-state index contributed by atoms with van der Waals surface area (Å²) in [5.41, 5.74) is 21.7. The van der Waals surface area contributed by atoms with E-state index in [-0.39, 0.29) is 0 Å². The van der Waals surface area contributed by atoms with Crippen molar-refractivity contribution in [2.24, 2.45) is 0 Å². The van der Waals surface area contributed by atoms with Crippen molar-refractivity contribution in [1.29, 1.82) is 0 Å². The largest absolute Gasteiger partial charge is 0.456 e. The second kappa shape index (κ2) is 31.6. The molecule has 12 nitrogen and oxygen atoms in total. The van der Waals surface area contributed by atoms with Gasteiger partial charge in [-0.3, -0.25) is 0 Å². The Balaban J connectivity index is 0.000000105. The number of benzene rings is 18. The van der Waals surface area contributed by atoms with Gasteiger partial charge >= 0.3 is 0 Å². The standard InChI is InChI=1S/C39H24N4O.C39H24N4S.C38H23N3S/c2*1-3-12-25(13-4-1)37-40-38(26-14-5-2-6-15-26)42-39(41-37)27-16-11-17-28(22-27)43-33-20-9-7-18-29(33)31-24-36-32(23-34(31)43)30-19-8-10-21-35(30)44-36;1-2-10-24(11-3-1)35-31-14-4-7-15-32(31)39-38(40-35)25-18-20-26(21-19-25)41-33-16-8-5-12-27(33)29-22-23-30-28-13-6-9-17-34(28)42-37(30)36(29)41/h2*1-24H;1-23H. The molecule has 0 aliphatic heterocycles. The summed E-state index contributed by atoms with van der Waals surface area (Å²) in [5.74, 6) is 4.60. The zero-order valence-electron chi connectivity index (χ0n) is 69.6. The Kier molecular flexibility index (Phi) is 18.3. The van der Waals surface area contributed by atoms with Crippen molar-refractivity contribution >= 4 is 161 Å². The van der Waals surface area contributed by atoms with Crippen molar-refractivity contribution in [1.82, 2.24) is 53.6 Å². The van der Waals surface area contributed by atoms with Gasteiger partial charge in [0.25, 0.3) is 0 Å². The highest BCUT2D eigenvalue weighted by molar-refractivity contribution is 7.27. The number of aromatic nitrogens is 11. The summed E-state index contributed by atoms with van der Waals surface area (Å²) in [6.45, 7) is 0. The minimum absolute atomic E-state index is 0.628. The number of para-hydroxylation sites is 5. The number of nitrogens with zero attached hydrogens (tertiary/aromatic N) is 11. The van der Waals surface area contributed by atoms with Crippen LogP contribution in [0.5, 0.6) is 0 Å². The van der Waals surface area contributed by atoms with Crippen LogP contribution in [-0.2, 0) is 0 Å². The van der Waals surface area contributed by atoms with Crippen LogP contribution < -0.4 is 0 Å². The Hall–Kier alpha value is -17.0. The SMILES string of the molecule is c1ccc(-c2nc(-c3ccc(-n4c5ccccc5c5ccc6c7ccccc7sc6c54)cc3)nc3ccccc23)cc1.c1ccc(-c2nc(-c3ccccc3)nc(-c3cccc(-n4c5ccccc5c5cc6oc7ccccc7c6cc54)c3)n2)cc1.c1ccc(-c2nc(-c3ccccc3)nc(-c3cccc(-n4c5ccccc5c5cc6sc7ccccc7c6cc54)c3)n2)cc1. The van der Waals surface area contributed by atoms with Gasteiger partial charge in [-0.2, -0.15) is 0 Å². The van der Waals surface area contributed by atoms with Gasteiger partial charge in [-0.15, -0.1) is 22.7 Å². The number of fused-ring (bicyclic) bond motifs is 20. The van der Waals surface area contributed by atoms with Crippen LogP contribution >= 0.6 is 22.7 Å². The highest BCUT2D eigenvalue weighted by Crippen LogP contribution is 2.47. The number of hydrogen-bond acceptors (Lipinski definition) is 11. The Morgan fingerprint density at radius 3 is 1.11 bits per heavy atom. The summed E-state index contributed by atoms with van der Waals surface area (Å²) < 4.78 is 18.6. The summed E-state index contributed by atoms with van der Waals surface area (Å²) >= 11 is 3.73. The van der Waals surface area contributed by atoms with Crippen molar-refractivity contribution in [2.45, 2.75) is 0 Å². The summed E-state index contributed by atoms with van der Waals surface area (Å²) in [4.78, 5) is 39.7. The van der Waals surface area contributed by atoms with Crippen LogP contribution in [0.1, 0.15) is 0 Å². The van der Waals surface area contributed by atoms with Gasteiger partial charge in [-0.1, -0.05) is 315 Å². The van der Waals surface area contributed by atoms with Crippen molar-refractivity contribution in [3.63, 3.8) is 0 Å². The predicted octanol–water partition coefficient (Wildman–Crippen LogP) is 30.6. The number of furan rings is 1. The molecule has 0 amide bonds. The predicted molar refractivity (Wildman–Crippen MR) is 539 cm³/mol. The quantitative estimate of drug-likeness (QED) is 0.124. The molecule has 608 valence electrons. The lowest BCUT2D eigenvalue weighted by atomic mass is 10.1. The Morgan fingerprint density at radius 2 is 0.569 bits per heavy atom. The van der Waals surface area contributed by atoms with Gasteiger partial charge in [0, 0.05) is 146 Å². The molecule has 27 rings (SSSR count). The number of rotatable bonds is 11. The summed E-state index contributed by atoms with van der Waals surface area (Å²) in [6, 6.07) is 150. The second-order valence-corrected chi connectivity index (χ2v) is 34.6. The minimum atomic E-state index is 0.628. The minimum Gasteiger partial charge on any atom is -0.456 e. The van der Waals surface area contributed by atoms with Gasteiger partial charge in [0.05, 0.1) is 49.0 Å². The normalized spacial score (nSPS) is 11.7. The van der Waals surface area contributed by atoms with Crippen LogP contribution in [0.25, 0.3) is 247 Å². The first-order chi connectivity index (χ1) is 64.4. The molecule has 0 saturated heterocycles. The summed E-state index contributed by atoms with van der Waals surface area (Å²) in [7, 11) is 0. The lowest BCUT2D eigenvalue weighted by Crippen LogP contribution is -2.01. The molecule has 0 spiro atoms. The second-order valence-electron chi connectivity index (χ2n) is 32.4. The fourth-order valence-corrected chi connectivity index (χ4v) is 21.0. The molecule has 0 saturated carbocycles. The van der Waals surface area contributed by atoms with Crippen molar-refractivity contribution in [2.75, 3.05) is 0 Å². The molecular weight excluding hydrogens is 1630 g/mol. The van der Waals surface area contributed by atoms with Crippen LogP contribution in [0.2, 0.25) is 0 Å². The van der Waals surface area contributed by atoms with Crippen molar-refractivity contribution < 1.29 is 4.42 Å². The van der Waals surface area contributed by atoms with E-state index in [4.69, 9.17) is 44.3 Å². The molecule has 0 aliphatic carbocycles. The van der Waals surface area contributed by atoms with Crippen LogP contribution in [0.3, 0.4) is 0 Å².